The van der Waals surface area contributed by atoms with E-state index in [1.54, 1.807) is 12.1 Å². The molecule has 2 aromatic carbocycles. The number of benzene rings is 2. The molecule has 2 aromatic rings. The lowest BCUT2D eigenvalue weighted by Crippen LogP contribution is -2.13. The first kappa shape index (κ1) is 14.1. The number of carboxylic acids is 1. The zero-order valence-corrected chi connectivity index (χ0v) is 11.7. The van der Waals surface area contributed by atoms with Gasteiger partial charge in [0.2, 0.25) is 0 Å². The van der Waals surface area contributed by atoms with Crippen molar-refractivity contribution >= 4 is 11.9 Å². The van der Waals surface area contributed by atoms with Crippen LogP contribution in [0.5, 0.6) is 17.2 Å². The van der Waals surface area contributed by atoms with E-state index < -0.39 is 11.9 Å². The molecule has 0 amide bonds. The van der Waals surface area contributed by atoms with Gasteiger partial charge in [-0.15, -0.1) is 0 Å². The van der Waals surface area contributed by atoms with Gasteiger partial charge in [0.1, 0.15) is 17.2 Å². The number of aliphatic carboxylic acids is 1. The lowest BCUT2D eigenvalue weighted by molar-refractivity contribution is -0.142. The lowest BCUT2D eigenvalue weighted by atomic mass is 9.99. The van der Waals surface area contributed by atoms with E-state index in [1.165, 1.54) is 0 Å². The molecule has 0 saturated carbocycles. The molecule has 22 heavy (non-hydrogen) atoms. The Hall–Kier alpha value is -2.82. The fraction of sp³-hybridized carbons (Fsp3) is 0.176. The zero-order chi connectivity index (χ0) is 15.5. The Labute approximate surface area is 127 Å². The maximum Gasteiger partial charge on any atom is 0.311 e. The third-order valence-corrected chi connectivity index (χ3v) is 3.42. The summed E-state index contributed by atoms with van der Waals surface area (Å²) in [7, 11) is 0. The number of carbonyl (C=O) groups excluding carboxylic acids is 1. The van der Waals surface area contributed by atoms with Gasteiger partial charge >= 0.3 is 11.9 Å². The van der Waals surface area contributed by atoms with Crippen molar-refractivity contribution in [3.8, 4) is 17.2 Å². The van der Waals surface area contributed by atoms with Crippen LogP contribution < -0.4 is 9.47 Å². The summed E-state index contributed by atoms with van der Waals surface area (Å²) in [6.45, 7) is 0. The summed E-state index contributed by atoms with van der Waals surface area (Å²) in [4.78, 5) is 22.2. The molecule has 3 rings (SSSR count). The molecule has 0 unspecified atom stereocenters. The molecule has 0 radical (unpaired) electrons. The number of para-hydroxylation sites is 1. The largest absolute Gasteiger partial charge is 0.481 e. The summed E-state index contributed by atoms with van der Waals surface area (Å²) in [6.07, 6.45) is 0.206. The second kappa shape index (κ2) is 5.89. The molecular weight excluding hydrogens is 284 g/mol. The van der Waals surface area contributed by atoms with Crippen molar-refractivity contribution in [3.63, 3.8) is 0 Å². The van der Waals surface area contributed by atoms with Gasteiger partial charge in [0, 0.05) is 12.0 Å². The molecule has 1 N–H and O–H groups in total. The molecule has 0 spiro atoms. The van der Waals surface area contributed by atoms with E-state index in [0.29, 0.717) is 17.9 Å². The fourth-order valence-electron chi connectivity index (χ4n) is 2.35. The van der Waals surface area contributed by atoms with Gasteiger partial charge in [-0.05, 0) is 23.8 Å². The van der Waals surface area contributed by atoms with E-state index in [9.17, 15) is 9.59 Å². The Balaban J connectivity index is 1.81. The van der Waals surface area contributed by atoms with Gasteiger partial charge in [-0.1, -0.05) is 24.3 Å². The van der Waals surface area contributed by atoms with Crippen LogP contribution in [0.2, 0.25) is 0 Å². The highest BCUT2D eigenvalue weighted by Gasteiger charge is 2.21. The van der Waals surface area contributed by atoms with Gasteiger partial charge in [0.05, 0.1) is 12.8 Å². The van der Waals surface area contributed by atoms with Gasteiger partial charge in [-0.25, -0.2) is 0 Å². The molecule has 5 nitrogen and oxygen atoms in total. The van der Waals surface area contributed by atoms with Gasteiger partial charge < -0.3 is 14.6 Å². The van der Waals surface area contributed by atoms with E-state index in [1.807, 2.05) is 30.3 Å². The van der Waals surface area contributed by atoms with E-state index >= 15 is 0 Å². The minimum Gasteiger partial charge on any atom is -0.481 e. The second-order valence-corrected chi connectivity index (χ2v) is 4.99. The average Bonchev–Trinajstić information content (AvgIpc) is 2.51. The number of hydrogen-bond donors (Lipinski definition) is 1. The molecule has 0 atom stereocenters. The number of carbonyl (C=O) groups is 2. The number of esters is 1. The molecular formula is C17H14O5. The molecule has 1 heterocycles. The van der Waals surface area contributed by atoms with Crippen molar-refractivity contribution in [1.82, 2.24) is 0 Å². The molecule has 112 valence electrons. The first-order valence-corrected chi connectivity index (χ1v) is 6.93. The van der Waals surface area contributed by atoms with Crippen molar-refractivity contribution in [2.45, 2.75) is 19.3 Å². The van der Waals surface area contributed by atoms with Crippen LogP contribution in [-0.2, 0) is 16.0 Å². The Morgan fingerprint density at radius 3 is 2.64 bits per heavy atom. The summed E-state index contributed by atoms with van der Waals surface area (Å²) in [6, 6.07) is 12.9. The third-order valence-electron chi connectivity index (χ3n) is 3.42. The average molecular weight is 298 g/mol. The number of hydrogen-bond acceptors (Lipinski definition) is 4. The highest BCUT2D eigenvalue weighted by Crippen LogP contribution is 2.40. The molecule has 0 bridgehead atoms. The Kier molecular flexibility index (Phi) is 3.78. The highest BCUT2D eigenvalue weighted by atomic mass is 16.5. The highest BCUT2D eigenvalue weighted by molar-refractivity contribution is 5.78. The molecule has 0 aromatic heterocycles. The lowest BCUT2D eigenvalue weighted by Gasteiger charge is -2.21. The maximum absolute atomic E-state index is 11.7. The molecule has 0 saturated heterocycles. The number of fused-ring (bicyclic) bond motifs is 2. The molecule has 1 aliphatic heterocycles. The molecule has 5 heteroatoms. The first-order valence-electron chi connectivity index (χ1n) is 6.93. The van der Waals surface area contributed by atoms with E-state index in [4.69, 9.17) is 14.6 Å². The minimum absolute atomic E-state index is 0.156. The minimum atomic E-state index is -1.02. The number of carboxylic acid groups (broad SMARTS) is 1. The first-order chi connectivity index (χ1) is 10.6. The summed E-state index contributed by atoms with van der Waals surface area (Å²) in [5.74, 6) is 0.285. The van der Waals surface area contributed by atoms with Crippen LogP contribution in [0.25, 0.3) is 0 Å². The summed E-state index contributed by atoms with van der Waals surface area (Å²) in [5.41, 5.74) is 1.81. The smallest absolute Gasteiger partial charge is 0.311 e. The van der Waals surface area contributed by atoms with Crippen molar-refractivity contribution in [2.75, 3.05) is 0 Å². The van der Waals surface area contributed by atoms with Gasteiger partial charge in [0.15, 0.2) is 0 Å². The van der Waals surface area contributed by atoms with Crippen LogP contribution in [0.15, 0.2) is 42.5 Å². The summed E-state index contributed by atoms with van der Waals surface area (Å²) in [5, 5.41) is 8.60. The van der Waals surface area contributed by atoms with Crippen molar-refractivity contribution in [1.29, 1.82) is 0 Å². The van der Waals surface area contributed by atoms with Gasteiger partial charge in [-0.3, -0.25) is 9.59 Å². The Morgan fingerprint density at radius 1 is 1.05 bits per heavy atom. The summed E-state index contributed by atoms with van der Waals surface area (Å²) >= 11 is 0. The predicted molar refractivity (Wildman–Crippen MR) is 78.3 cm³/mol. The van der Waals surface area contributed by atoms with Gasteiger partial charge in [0.25, 0.3) is 0 Å². The van der Waals surface area contributed by atoms with Crippen LogP contribution in [0.4, 0.5) is 0 Å². The quantitative estimate of drug-likeness (QED) is 0.591. The standard InChI is InChI=1S/C17H14O5/c18-16(19)8-9-17(20)22-15-7-3-6-14-12(15)10-11-4-1-2-5-13(11)21-14/h1-7H,8-10H2,(H,18,19). The van der Waals surface area contributed by atoms with Crippen LogP contribution in [0.3, 0.4) is 0 Å². The summed E-state index contributed by atoms with van der Waals surface area (Å²) < 4.78 is 11.1. The number of ether oxygens (including phenoxy) is 2. The van der Waals surface area contributed by atoms with Crippen LogP contribution in [0.1, 0.15) is 24.0 Å². The maximum atomic E-state index is 11.7. The van der Waals surface area contributed by atoms with Crippen LogP contribution in [-0.4, -0.2) is 17.0 Å². The van der Waals surface area contributed by atoms with E-state index in [0.717, 1.165) is 16.9 Å². The Bertz CT molecular complexity index is 736. The molecule has 0 aliphatic carbocycles. The van der Waals surface area contributed by atoms with E-state index in [2.05, 4.69) is 0 Å². The second-order valence-electron chi connectivity index (χ2n) is 4.99. The van der Waals surface area contributed by atoms with Crippen molar-refractivity contribution < 1.29 is 24.2 Å². The van der Waals surface area contributed by atoms with Gasteiger partial charge in [-0.2, -0.15) is 0 Å². The normalized spacial score (nSPS) is 11.8. The van der Waals surface area contributed by atoms with Crippen LogP contribution in [0, 0.1) is 0 Å². The number of rotatable bonds is 4. The molecule has 1 aliphatic rings. The SMILES string of the molecule is O=C(O)CCC(=O)Oc1cccc2c1Cc1ccccc1O2. The third kappa shape index (κ3) is 2.93. The monoisotopic (exact) mass is 298 g/mol. The topological polar surface area (TPSA) is 72.8 Å². The Morgan fingerprint density at radius 2 is 1.82 bits per heavy atom. The van der Waals surface area contributed by atoms with Crippen molar-refractivity contribution in [3.05, 3.63) is 53.6 Å². The van der Waals surface area contributed by atoms with Crippen LogP contribution >= 0.6 is 0 Å². The zero-order valence-electron chi connectivity index (χ0n) is 11.7. The fourth-order valence-corrected chi connectivity index (χ4v) is 2.35. The molecule has 0 fully saturated rings. The van der Waals surface area contributed by atoms with E-state index in [-0.39, 0.29) is 12.8 Å². The predicted octanol–water partition coefficient (Wildman–Crippen LogP) is 3.15. The van der Waals surface area contributed by atoms with Crippen molar-refractivity contribution in [2.24, 2.45) is 0 Å².